The zero-order valence-corrected chi connectivity index (χ0v) is 32.2. The number of para-hydroxylation sites is 4. The molecule has 0 atom stereocenters. The van der Waals surface area contributed by atoms with Crippen LogP contribution in [-0.2, 0) is 0 Å². The first-order chi connectivity index (χ1) is 29.3. The van der Waals surface area contributed by atoms with Crippen LogP contribution < -0.4 is 36.4 Å². The minimum absolute atomic E-state index is 0.00847. The van der Waals surface area contributed by atoms with E-state index in [-0.39, 0.29) is 13.7 Å². The van der Waals surface area contributed by atoms with Gasteiger partial charge in [-0.2, -0.15) is 0 Å². The van der Waals surface area contributed by atoms with Gasteiger partial charge in [-0.25, -0.2) is 0 Å². The van der Waals surface area contributed by atoms with Crippen molar-refractivity contribution in [2.24, 2.45) is 0 Å². The zero-order valence-electron chi connectivity index (χ0n) is 32.2. The summed E-state index contributed by atoms with van der Waals surface area (Å²) in [5.74, 6) is 0. The summed E-state index contributed by atoms with van der Waals surface area (Å²) < 4.78 is 0. The van der Waals surface area contributed by atoms with Gasteiger partial charge in [-0.05, 0) is 111 Å². The fourth-order valence-electron chi connectivity index (χ4n) is 10.6. The summed E-state index contributed by atoms with van der Waals surface area (Å²) in [6.07, 6.45) is 0. The third-order valence-corrected chi connectivity index (χ3v) is 13.0. The number of anilines is 7. The summed E-state index contributed by atoms with van der Waals surface area (Å²) in [7, 11) is 0. The normalized spacial score (nSPS) is 13.3. The first kappa shape index (κ1) is 32.6. The summed E-state index contributed by atoms with van der Waals surface area (Å²) in [5.41, 5.74) is 24.1. The maximum Gasteiger partial charge on any atom is 0.329 e. The van der Waals surface area contributed by atoms with Crippen molar-refractivity contribution in [2.75, 3.05) is 14.5 Å². The molecule has 0 saturated carbocycles. The van der Waals surface area contributed by atoms with Gasteiger partial charge < -0.3 is 14.5 Å². The molecule has 3 nitrogen and oxygen atoms in total. The topological polar surface area (TPSA) is 9.72 Å². The fraction of sp³-hybridized carbons (Fsp3) is 0. The minimum Gasteiger partial charge on any atom is -0.376 e. The molecule has 0 aliphatic carbocycles. The smallest absolute Gasteiger partial charge is 0.329 e. The predicted molar refractivity (Wildman–Crippen MR) is 250 cm³/mol. The lowest BCUT2D eigenvalue weighted by Gasteiger charge is -2.49. The SMILES string of the molecule is c1ccc(-c2ccc3c(c2)-c2ccccc2N2B3c3cccc4c3-c3c(cccc32)B2c3ccc(N(c5ccccc5)c5ccccc5)cc3-c3ccccc3N24)cc1. The Morgan fingerprint density at radius 3 is 1.31 bits per heavy atom. The molecular formula is C54H35B2N3. The summed E-state index contributed by atoms with van der Waals surface area (Å²) >= 11 is 0. The van der Waals surface area contributed by atoms with E-state index < -0.39 is 0 Å². The van der Waals surface area contributed by atoms with Crippen molar-refractivity contribution in [1.29, 1.82) is 0 Å². The molecule has 0 unspecified atom stereocenters. The Hall–Kier alpha value is -7.49. The van der Waals surface area contributed by atoms with E-state index >= 15 is 0 Å². The van der Waals surface area contributed by atoms with Crippen LogP contribution in [0.5, 0.6) is 0 Å². The molecule has 272 valence electrons. The first-order valence-corrected chi connectivity index (χ1v) is 20.6. The minimum atomic E-state index is -0.00847. The first-order valence-electron chi connectivity index (χ1n) is 20.6. The van der Waals surface area contributed by atoms with Gasteiger partial charge in [0.2, 0.25) is 0 Å². The Balaban J connectivity index is 1.04. The van der Waals surface area contributed by atoms with E-state index in [1.807, 2.05) is 0 Å². The Morgan fingerprint density at radius 2 is 0.746 bits per heavy atom. The van der Waals surface area contributed by atoms with Gasteiger partial charge in [-0.15, -0.1) is 0 Å². The van der Waals surface area contributed by atoms with Crippen molar-refractivity contribution in [2.45, 2.75) is 0 Å². The van der Waals surface area contributed by atoms with E-state index in [4.69, 9.17) is 0 Å². The molecule has 0 bridgehead atoms. The lowest BCUT2D eigenvalue weighted by Crippen LogP contribution is -2.65. The second kappa shape index (κ2) is 12.5. The van der Waals surface area contributed by atoms with E-state index in [9.17, 15) is 0 Å². The highest BCUT2D eigenvalue weighted by atomic mass is 15.1. The molecule has 13 rings (SSSR count). The van der Waals surface area contributed by atoms with E-state index in [1.165, 1.54) is 89.1 Å². The van der Waals surface area contributed by atoms with Crippen LogP contribution in [0.15, 0.2) is 212 Å². The molecule has 0 fully saturated rings. The highest BCUT2D eigenvalue weighted by Crippen LogP contribution is 2.52. The van der Waals surface area contributed by atoms with Crippen LogP contribution in [0.2, 0.25) is 0 Å². The molecule has 0 aromatic heterocycles. The van der Waals surface area contributed by atoms with Gasteiger partial charge >= 0.3 is 13.7 Å². The second-order valence-electron chi connectivity index (χ2n) is 16.0. The fourth-order valence-corrected chi connectivity index (χ4v) is 10.6. The lowest BCUT2D eigenvalue weighted by molar-refractivity contribution is 1.28. The van der Waals surface area contributed by atoms with E-state index in [2.05, 4.69) is 227 Å². The Kier molecular flexibility index (Phi) is 6.90. The molecule has 4 aliphatic heterocycles. The molecule has 0 saturated heterocycles. The molecular weight excluding hydrogens is 712 g/mol. The molecule has 0 amide bonds. The highest BCUT2D eigenvalue weighted by molar-refractivity contribution is 6.96. The van der Waals surface area contributed by atoms with Gasteiger partial charge in [0, 0.05) is 62.1 Å². The molecule has 59 heavy (non-hydrogen) atoms. The molecule has 4 aliphatic rings. The van der Waals surface area contributed by atoms with Crippen molar-refractivity contribution in [3.63, 3.8) is 0 Å². The molecule has 0 N–H and O–H groups in total. The maximum absolute atomic E-state index is 2.64. The largest absolute Gasteiger partial charge is 0.376 e. The van der Waals surface area contributed by atoms with E-state index in [0.29, 0.717) is 0 Å². The van der Waals surface area contributed by atoms with E-state index in [0.717, 1.165) is 17.1 Å². The van der Waals surface area contributed by atoms with Crippen LogP contribution in [-0.4, -0.2) is 13.7 Å². The number of fused-ring (bicyclic) bond motifs is 16. The van der Waals surface area contributed by atoms with Crippen LogP contribution in [0.4, 0.5) is 39.8 Å². The molecule has 9 aromatic carbocycles. The van der Waals surface area contributed by atoms with Crippen LogP contribution >= 0.6 is 0 Å². The molecule has 0 spiro atoms. The number of hydrogen-bond donors (Lipinski definition) is 0. The molecule has 9 aromatic rings. The molecule has 4 heterocycles. The summed E-state index contributed by atoms with van der Waals surface area (Å²) in [6.45, 7) is 0.0154. The van der Waals surface area contributed by atoms with Crippen LogP contribution in [0.25, 0.3) is 44.5 Å². The standard InChI is InChI=1S/C54H35B2N3/c1-4-16-36(17-5-1)37-30-32-45-43(34-37)41-22-10-12-26-49(41)58-51-28-15-25-48-54(51)53-47(55(45)58)24-14-29-52(53)59-50-27-13-11-23-42(50)44-35-40(31-33-46(44)56(48)59)57(38-18-6-2-7-19-38)39-20-8-3-9-21-39/h1-35H. The Morgan fingerprint density at radius 1 is 0.288 bits per heavy atom. The van der Waals surface area contributed by atoms with Gasteiger partial charge in [-0.1, -0.05) is 146 Å². The van der Waals surface area contributed by atoms with Gasteiger partial charge in [0.1, 0.15) is 0 Å². The average Bonchev–Trinajstić information content (AvgIpc) is 3.31. The molecule has 5 heteroatoms. The number of benzene rings is 9. The maximum atomic E-state index is 2.64. The average molecular weight is 748 g/mol. The highest BCUT2D eigenvalue weighted by Gasteiger charge is 2.49. The van der Waals surface area contributed by atoms with Crippen molar-refractivity contribution in [3.05, 3.63) is 212 Å². The lowest BCUT2D eigenvalue weighted by atomic mass is 9.38. The predicted octanol–water partition coefficient (Wildman–Crippen LogP) is 11.0. The van der Waals surface area contributed by atoms with Gasteiger partial charge in [-0.3, -0.25) is 0 Å². The summed E-state index contributed by atoms with van der Waals surface area (Å²) in [5, 5.41) is 0. The third kappa shape index (κ3) is 4.61. The quantitative estimate of drug-likeness (QED) is 0.166. The third-order valence-electron chi connectivity index (χ3n) is 13.0. The van der Waals surface area contributed by atoms with Crippen LogP contribution in [0.1, 0.15) is 0 Å². The number of hydrogen-bond acceptors (Lipinski definition) is 3. The van der Waals surface area contributed by atoms with Gasteiger partial charge in [0.15, 0.2) is 0 Å². The van der Waals surface area contributed by atoms with Crippen molar-refractivity contribution in [3.8, 4) is 44.5 Å². The van der Waals surface area contributed by atoms with Crippen LogP contribution in [0.3, 0.4) is 0 Å². The zero-order chi connectivity index (χ0) is 38.6. The van der Waals surface area contributed by atoms with E-state index in [1.54, 1.807) is 0 Å². The van der Waals surface area contributed by atoms with Gasteiger partial charge in [0.05, 0.1) is 0 Å². The van der Waals surface area contributed by atoms with Gasteiger partial charge in [0.25, 0.3) is 0 Å². The Bertz CT molecular complexity index is 3110. The number of nitrogens with zero attached hydrogens (tertiary/aromatic N) is 3. The monoisotopic (exact) mass is 747 g/mol. The number of rotatable bonds is 4. The van der Waals surface area contributed by atoms with Crippen molar-refractivity contribution in [1.82, 2.24) is 0 Å². The molecule has 0 radical (unpaired) electrons. The van der Waals surface area contributed by atoms with Crippen molar-refractivity contribution < 1.29 is 0 Å². The Labute approximate surface area is 345 Å². The van der Waals surface area contributed by atoms with Crippen molar-refractivity contribution >= 4 is 75.4 Å². The second-order valence-corrected chi connectivity index (χ2v) is 16.0. The van der Waals surface area contributed by atoms with Crippen LogP contribution in [0, 0.1) is 0 Å². The summed E-state index contributed by atoms with van der Waals surface area (Å²) in [6, 6.07) is 78.6. The summed E-state index contributed by atoms with van der Waals surface area (Å²) in [4.78, 5) is 7.65.